The van der Waals surface area contributed by atoms with Gasteiger partial charge in [-0.3, -0.25) is 9.59 Å². The topological polar surface area (TPSA) is 71.1 Å². The molecular weight excluding hydrogens is 228 g/mol. The van der Waals surface area contributed by atoms with E-state index < -0.39 is 12.1 Å². The zero-order valence-electron chi connectivity index (χ0n) is 9.88. The van der Waals surface area contributed by atoms with Crippen molar-refractivity contribution in [3.05, 3.63) is 0 Å². The van der Waals surface area contributed by atoms with Crippen LogP contribution in [0.2, 0.25) is 0 Å². The summed E-state index contributed by atoms with van der Waals surface area (Å²) < 4.78 is 21.3. The second-order valence-corrected chi connectivity index (χ2v) is 4.28. The van der Waals surface area contributed by atoms with E-state index in [0.29, 0.717) is 13.2 Å². The van der Waals surface area contributed by atoms with Gasteiger partial charge in [-0.25, -0.2) is 0 Å². The molecule has 0 spiro atoms. The molecule has 2 aliphatic rings. The minimum atomic E-state index is -0.531. The van der Waals surface area contributed by atoms with E-state index in [1.807, 2.05) is 0 Å². The molecule has 0 saturated carbocycles. The van der Waals surface area contributed by atoms with Gasteiger partial charge in [-0.05, 0) is 6.92 Å². The van der Waals surface area contributed by atoms with E-state index in [9.17, 15) is 9.59 Å². The van der Waals surface area contributed by atoms with Crippen molar-refractivity contribution in [2.75, 3.05) is 20.3 Å². The van der Waals surface area contributed by atoms with E-state index in [2.05, 4.69) is 0 Å². The van der Waals surface area contributed by atoms with Crippen LogP contribution in [-0.4, -0.2) is 56.5 Å². The molecule has 0 amide bonds. The molecule has 96 valence electrons. The van der Waals surface area contributed by atoms with Crippen LogP contribution < -0.4 is 0 Å². The maximum Gasteiger partial charge on any atom is 0.313 e. The first kappa shape index (κ1) is 12.5. The Morgan fingerprint density at radius 2 is 1.76 bits per heavy atom. The van der Waals surface area contributed by atoms with E-state index in [0.717, 1.165) is 0 Å². The first-order valence-corrected chi connectivity index (χ1v) is 5.56. The SMILES string of the molecule is COC1CO[C@H]2C(OC(=O)CC(C)=O)CO[C@@H]12. The van der Waals surface area contributed by atoms with Crippen LogP contribution in [0.4, 0.5) is 0 Å². The number of carbonyl (C=O) groups is 2. The molecule has 0 aliphatic carbocycles. The summed E-state index contributed by atoms with van der Waals surface area (Å²) in [6.07, 6.45) is -1.23. The molecule has 2 heterocycles. The third-order valence-electron chi connectivity index (χ3n) is 2.94. The Hall–Kier alpha value is -0.980. The number of ketones is 1. The number of ether oxygens (including phenoxy) is 4. The van der Waals surface area contributed by atoms with Gasteiger partial charge in [-0.2, -0.15) is 0 Å². The van der Waals surface area contributed by atoms with E-state index in [1.165, 1.54) is 6.92 Å². The average Bonchev–Trinajstić information content (AvgIpc) is 2.79. The largest absolute Gasteiger partial charge is 0.457 e. The maximum absolute atomic E-state index is 11.4. The summed E-state index contributed by atoms with van der Waals surface area (Å²) in [5.74, 6) is -0.746. The van der Waals surface area contributed by atoms with Crippen molar-refractivity contribution in [3.63, 3.8) is 0 Å². The smallest absolute Gasteiger partial charge is 0.313 e. The lowest BCUT2D eigenvalue weighted by Gasteiger charge is -2.16. The number of methoxy groups -OCH3 is 1. The third-order valence-corrected chi connectivity index (χ3v) is 2.94. The number of hydrogen-bond donors (Lipinski definition) is 0. The molecule has 0 aromatic carbocycles. The van der Waals surface area contributed by atoms with Crippen molar-refractivity contribution in [1.29, 1.82) is 0 Å². The summed E-state index contributed by atoms with van der Waals surface area (Å²) in [4.78, 5) is 22.1. The van der Waals surface area contributed by atoms with Crippen molar-refractivity contribution in [2.24, 2.45) is 0 Å². The van der Waals surface area contributed by atoms with Crippen LogP contribution in [0.25, 0.3) is 0 Å². The molecule has 0 radical (unpaired) electrons. The summed E-state index contributed by atoms with van der Waals surface area (Å²) in [5, 5.41) is 0. The molecule has 4 atom stereocenters. The van der Waals surface area contributed by atoms with Crippen molar-refractivity contribution in [3.8, 4) is 0 Å². The summed E-state index contributed by atoms with van der Waals surface area (Å²) in [6.45, 7) is 2.08. The fourth-order valence-electron chi connectivity index (χ4n) is 2.15. The number of carbonyl (C=O) groups excluding carboxylic acids is 2. The van der Waals surface area contributed by atoms with Crippen molar-refractivity contribution in [2.45, 2.75) is 37.8 Å². The number of Topliss-reactive ketones (excluding diaryl/α,β-unsaturated/α-hetero) is 1. The van der Waals surface area contributed by atoms with Gasteiger partial charge in [0.05, 0.1) is 13.2 Å². The van der Waals surface area contributed by atoms with Gasteiger partial charge in [0.15, 0.2) is 6.10 Å². The van der Waals surface area contributed by atoms with Crippen molar-refractivity contribution < 1.29 is 28.5 Å². The summed E-state index contributed by atoms with van der Waals surface area (Å²) >= 11 is 0. The van der Waals surface area contributed by atoms with Gasteiger partial charge in [-0.1, -0.05) is 0 Å². The van der Waals surface area contributed by atoms with Crippen LogP contribution in [-0.2, 0) is 28.5 Å². The molecule has 2 rings (SSSR count). The number of hydrogen-bond acceptors (Lipinski definition) is 6. The number of esters is 1. The van der Waals surface area contributed by atoms with E-state index >= 15 is 0 Å². The predicted octanol–water partition coefficient (Wildman–Crippen LogP) is -0.310. The molecule has 2 saturated heterocycles. The first-order valence-electron chi connectivity index (χ1n) is 5.56. The molecule has 2 aliphatic heterocycles. The lowest BCUT2D eigenvalue weighted by Crippen LogP contribution is -2.35. The monoisotopic (exact) mass is 244 g/mol. The van der Waals surface area contributed by atoms with Crippen LogP contribution in [0.1, 0.15) is 13.3 Å². The van der Waals surface area contributed by atoms with Crippen LogP contribution >= 0.6 is 0 Å². The van der Waals surface area contributed by atoms with Crippen molar-refractivity contribution >= 4 is 11.8 Å². The van der Waals surface area contributed by atoms with Crippen LogP contribution in [0.5, 0.6) is 0 Å². The number of rotatable bonds is 4. The number of fused-ring (bicyclic) bond motifs is 1. The van der Waals surface area contributed by atoms with Gasteiger partial charge < -0.3 is 18.9 Å². The Balaban J connectivity index is 1.88. The molecule has 0 aromatic rings. The minimum absolute atomic E-state index is 0.114. The quantitative estimate of drug-likeness (QED) is 0.499. The van der Waals surface area contributed by atoms with Gasteiger partial charge in [0.25, 0.3) is 0 Å². The van der Waals surface area contributed by atoms with Gasteiger partial charge in [0.1, 0.15) is 30.5 Å². The Labute approximate surface area is 99.2 Å². The van der Waals surface area contributed by atoms with Crippen LogP contribution in [0.15, 0.2) is 0 Å². The first-order chi connectivity index (χ1) is 8.11. The molecule has 6 nitrogen and oxygen atoms in total. The van der Waals surface area contributed by atoms with E-state index in [1.54, 1.807) is 7.11 Å². The highest BCUT2D eigenvalue weighted by atomic mass is 16.6. The Bertz CT molecular complexity index is 315. The minimum Gasteiger partial charge on any atom is -0.457 e. The lowest BCUT2D eigenvalue weighted by atomic mass is 10.1. The summed E-state index contributed by atoms with van der Waals surface area (Å²) in [6, 6.07) is 0. The van der Waals surface area contributed by atoms with Gasteiger partial charge in [0, 0.05) is 7.11 Å². The highest BCUT2D eigenvalue weighted by Gasteiger charge is 2.49. The summed E-state index contributed by atoms with van der Waals surface area (Å²) in [7, 11) is 1.59. The molecule has 17 heavy (non-hydrogen) atoms. The third kappa shape index (κ3) is 2.65. The molecular formula is C11H16O6. The van der Waals surface area contributed by atoms with Crippen LogP contribution in [0, 0.1) is 0 Å². The maximum atomic E-state index is 11.4. The Kier molecular flexibility index (Phi) is 3.76. The second-order valence-electron chi connectivity index (χ2n) is 4.28. The second kappa shape index (κ2) is 5.12. The highest BCUT2D eigenvalue weighted by molar-refractivity contribution is 5.94. The lowest BCUT2D eigenvalue weighted by molar-refractivity contribution is -0.155. The van der Waals surface area contributed by atoms with Gasteiger partial charge in [0.2, 0.25) is 0 Å². The van der Waals surface area contributed by atoms with Crippen LogP contribution in [0.3, 0.4) is 0 Å². The van der Waals surface area contributed by atoms with E-state index in [-0.39, 0.29) is 30.5 Å². The standard InChI is InChI=1S/C11H16O6/c1-6(12)3-9(13)17-8-5-16-10-7(14-2)4-15-11(8)10/h7-8,10-11H,3-5H2,1-2H3/t7?,8?,10-,11-/m0/s1. The fraction of sp³-hybridized carbons (Fsp3) is 0.818. The van der Waals surface area contributed by atoms with Crippen molar-refractivity contribution in [1.82, 2.24) is 0 Å². The van der Waals surface area contributed by atoms with E-state index in [4.69, 9.17) is 18.9 Å². The Morgan fingerprint density at radius 3 is 2.35 bits per heavy atom. The van der Waals surface area contributed by atoms with Gasteiger partial charge in [-0.15, -0.1) is 0 Å². The predicted molar refractivity (Wildman–Crippen MR) is 55.5 cm³/mol. The van der Waals surface area contributed by atoms with Gasteiger partial charge >= 0.3 is 5.97 Å². The molecule has 0 aromatic heterocycles. The molecule has 6 heteroatoms. The molecule has 2 fully saturated rings. The summed E-state index contributed by atoms with van der Waals surface area (Å²) in [5.41, 5.74) is 0. The molecule has 2 unspecified atom stereocenters. The zero-order chi connectivity index (χ0) is 12.4. The zero-order valence-corrected chi connectivity index (χ0v) is 9.88. The Morgan fingerprint density at radius 1 is 1.18 bits per heavy atom. The molecule has 0 bridgehead atoms. The average molecular weight is 244 g/mol. The molecule has 0 N–H and O–H groups in total. The highest BCUT2D eigenvalue weighted by Crippen LogP contribution is 2.30. The fourth-order valence-corrected chi connectivity index (χ4v) is 2.15. The normalized spacial score (nSPS) is 35.6.